The van der Waals surface area contributed by atoms with Crippen molar-refractivity contribution in [1.82, 2.24) is 5.32 Å². The maximum absolute atomic E-state index is 10.2. The van der Waals surface area contributed by atoms with E-state index in [9.17, 15) is 5.11 Å². The van der Waals surface area contributed by atoms with Gasteiger partial charge in [-0.25, -0.2) is 0 Å². The predicted molar refractivity (Wildman–Crippen MR) is 73.3 cm³/mol. The van der Waals surface area contributed by atoms with Crippen LogP contribution in [0.2, 0.25) is 10.0 Å². The molecule has 3 nitrogen and oxygen atoms in total. The van der Waals surface area contributed by atoms with E-state index < -0.39 is 5.60 Å². The molecule has 2 unspecified atom stereocenters. The zero-order chi connectivity index (χ0) is 13.2. The largest absolute Gasteiger partial charge is 0.386 e. The van der Waals surface area contributed by atoms with Gasteiger partial charge >= 0.3 is 0 Å². The molecule has 1 aliphatic heterocycles. The first-order valence-corrected chi connectivity index (χ1v) is 6.74. The lowest BCUT2D eigenvalue weighted by molar-refractivity contribution is 0.0252. The van der Waals surface area contributed by atoms with E-state index in [-0.39, 0.29) is 6.04 Å². The monoisotopic (exact) mass is 289 g/mol. The van der Waals surface area contributed by atoms with Crippen LogP contribution < -0.4 is 5.32 Å². The summed E-state index contributed by atoms with van der Waals surface area (Å²) in [6.07, 6.45) is 0.663. The summed E-state index contributed by atoms with van der Waals surface area (Å²) < 4.78 is 5.20. The molecule has 2 atom stereocenters. The molecule has 100 valence electrons. The van der Waals surface area contributed by atoms with Crippen molar-refractivity contribution >= 4 is 23.2 Å². The number of nitrogens with one attached hydrogen (secondary N) is 1. The first kappa shape index (κ1) is 14.1. The molecule has 18 heavy (non-hydrogen) atoms. The molecular formula is C13H17Cl2NO2. The molecule has 1 aliphatic rings. The minimum absolute atomic E-state index is 0.0285. The van der Waals surface area contributed by atoms with Gasteiger partial charge in [-0.05, 0) is 30.7 Å². The number of benzene rings is 1. The Morgan fingerprint density at radius 3 is 2.94 bits per heavy atom. The fourth-order valence-electron chi connectivity index (χ4n) is 2.04. The predicted octanol–water partition coefficient (Wildman–Crippen LogP) is 2.80. The third-order valence-corrected chi connectivity index (χ3v) is 3.82. The van der Waals surface area contributed by atoms with Gasteiger partial charge in [-0.1, -0.05) is 23.2 Å². The second-order valence-corrected chi connectivity index (χ2v) is 5.64. The Labute approximate surface area is 117 Å². The molecule has 1 saturated heterocycles. The number of hydrogen-bond acceptors (Lipinski definition) is 3. The molecule has 1 heterocycles. The quantitative estimate of drug-likeness (QED) is 0.896. The SMILES string of the molecule is CC(NCC1(O)CCOC1)c1cc(Cl)ccc1Cl. The van der Waals surface area contributed by atoms with Crippen LogP contribution in [0.25, 0.3) is 0 Å². The van der Waals surface area contributed by atoms with Crippen LogP contribution in [0.5, 0.6) is 0 Å². The standard InChI is InChI=1S/C13H17Cl2NO2/c1-9(11-6-10(14)2-3-12(11)15)16-7-13(17)4-5-18-8-13/h2-3,6,9,16-17H,4-5,7-8H2,1H3. The fourth-order valence-corrected chi connectivity index (χ4v) is 2.50. The fraction of sp³-hybridized carbons (Fsp3) is 0.538. The molecule has 5 heteroatoms. The van der Waals surface area contributed by atoms with Gasteiger partial charge in [0, 0.05) is 35.7 Å². The Bertz CT molecular complexity index is 419. The van der Waals surface area contributed by atoms with Crippen molar-refractivity contribution in [3.63, 3.8) is 0 Å². The van der Waals surface area contributed by atoms with E-state index in [2.05, 4.69) is 5.32 Å². The molecule has 0 spiro atoms. The number of rotatable bonds is 4. The van der Waals surface area contributed by atoms with Crippen molar-refractivity contribution in [3.8, 4) is 0 Å². The smallest absolute Gasteiger partial charge is 0.103 e. The molecule has 0 bridgehead atoms. The van der Waals surface area contributed by atoms with Gasteiger partial charge in [-0.3, -0.25) is 0 Å². The second-order valence-electron chi connectivity index (χ2n) is 4.80. The van der Waals surface area contributed by atoms with Gasteiger partial charge in [0.15, 0.2) is 0 Å². The summed E-state index contributed by atoms with van der Waals surface area (Å²) in [6, 6.07) is 5.42. The van der Waals surface area contributed by atoms with Crippen LogP contribution in [0.15, 0.2) is 18.2 Å². The maximum Gasteiger partial charge on any atom is 0.103 e. The molecular weight excluding hydrogens is 273 g/mol. The van der Waals surface area contributed by atoms with Gasteiger partial charge in [0.05, 0.1) is 6.61 Å². The van der Waals surface area contributed by atoms with Gasteiger partial charge in [0.25, 0.3) is 0 Å². The molecule has 1 aromatic rings. The zero-order valence-corrected chi connectivity index (χ0v) is 11.8. The summed E-state index contributed by atoms with van der Waals surface area (Å²) in [6.45, 7) is 3.48. The second kappa shape index (κ2) is 5.76. The lowest BCUT2D eigenvalue weighted by Gasteiger charge is -2.24. The summed E-state index contributed by atoms with van der Waals surface area (Å²) in [7, 11) is 0. The van der Waals surface area contributed by atoms with Crippen molar-refractivity contribution in [2.24, 2.45) is 0 Å². The number of halogens is 2. The molecule has 1 aromatic carbocycles. The average Bonchev–Trinajstić information content (AvgIpc) is 2.77. The number of hydrogen-bond donors (Lipinski definition) is 2. The van der Waals surface area contributed by atoms with Crippen LogP contribution in [-0.2, 0) is 4.74 Å². The number of ether oxygens (including phenoxy) is 1. The normalized spacial score (nSPS) is 25.3. The highest BCUT2D eigenvalue weighted by Gasteiger charge is 2.32. The highest BCUT2D eigenvalue weighted by molar-refractivity contribution is 6.33. The van der Waals surface area contributed by atoms with Crippen molar-refractivity contribution in [2.75, 3.05) is 19.8 Å². The molecule has 0 aliphatic carbocycles. The average molecular weight is 290 g/mol. The van der Waals surface area contributed by atoms with Crippen molar-refractivity contribution in [1.29, 1.82) is 0 Å². The van der Waals surface area contributed by atoms with E-state index in [1.165, 1.54) is 0 Å². The summed E-state index contributed by atoms with van der Waals surface area (Å²) in [5.74, 6) is 0. The van der Waals surface area contributed by atoms with Crippen LogP contribution in [0.1, 0.15) is 24.9 Å². The summed E-state index contributed by atoms with van der Waals surface area (Å²) in [4.78, 5) is 0. The Kier molecular flexibility index (Phi) is 4.51. The third kappa shape index (κ3) is 3.37. The number of aliphatic hydroxyl groups is 1. The van der Waals surface area contributed by atoms with Gasteiger partial charge in [-0.15, -0.1) is 0 Å². The maximum atomic E-state index is 10.2. The van der Waals surface area contributed by atoms with Crippen molar-refractivity contribution in [2.45, 2.75) is 25.0 Å². The van der Waals surface area contributed by atoms with E-state index in [1.807, 2.05) is 13.0 Å². The minimum Gasteiger partial charge on any atom is -0.386 e. The van der Waals surface area contributed by atoms with E-state index in [0.717, 1.165) is 5.56 Å². The Balaban J connectivity index is 1.99. The molecule has 1 fully saturated rings. The van der Waals surface area contributed by atoms with Crippen molar-refractivity contribution < 1.29 is 9.84 Å². The third-order valence-electron chi connectivity index (χ3n) is 3.24. The zero-order valence-electron chi connectivity index (χ0n) is 10.2. The van der Waals surface area contributed by atoms with Crippen LogP contribution in [-0.4, -0.2) is 30.5 Å². The molecule has 0 amide bonds. The molecule has 0 saturated carbocycles. The van der Waals surface area contributed by atoms with Gasteiger partial charge in [0.2, 0.25) is 0 Å². The van der Waals surface area contributed by atoms with Crippen LogP contribution in [0.4, 0.5) is 0 Å². The Morgan fingerprint density at radius 2 is 2.28 bits per heavy atom. The van der Waals surface area contributed by atoms with E-state index in [4.69, 9.17) is 27.9 Å². The topological polar surface area (TPSA) is 41.5 Å². The first-order chi connectivity index (χ1) is 8.50. The summed E-state index contributed by atoms with van der Waals surface area (Å²) in [5, 5.41) is 14.8. The summed E-state index contributed by atoms with van der Waals surface area (Å²) >= 11 is 12.1. The highest BCUT2D eigenvalue weighted by atomic mass is 35.5. The first-order valence-electron chi connectivity index (χ1n) is 5.99. The van der Waals surface area contributed by atoms with Gasteiger partial charge in [0.1, 0.15) is 5.60 Å². The lowest BCUT2D eigenvalue weighted by atomic mass is 10.0. The molecule has 0 aromatic heterocycles. The summed E-state index contributed by atoms with van der Waals surface area (Å²) in [5.41, 5.74) is 0.172. The van der Waals surface area contributed by atoms with E-state index >= 15 is 0 Å². The minimum atomic E-state index is -0.765. The van der Waals surface area contributed by atoms with Crippen LogP contribution >= 0.6 is 23.2 Å². The van der Waals surface area contributed by atoms with Crippen LogP contribution in [0.3, 0.4) is 0 Å². The Hall–Kier alpha value is -0.320. The molecule has 0 radical (unpaired) electrons. The highest BCUT2D eigenvalue weighted by Crippen LogP contribution is 2.27. The molecule has 2 rings (SSSR count). The van der Waals surface area contributed by atoms with Gasteiger partial charge < -0.3 is 15.2 Å². The van der Waals surface area contributed by atoms with Crippen molar-refractivity contribution in [3.05, 3.63) is 33.8 Å². The van der Waals surface area contributed by atoms with E-state index in [0.29, 0.717) is 36.2 Å². The lowest BCUT2D eigenvalue weighted by Crippen LogP contribution is -2.41. The van der Waals surface area contributed by atoms with Crippen LogP contribution in [0, 0.1) is 0 Å². The molecule has 2 N–H and O–H groups in total. The van der Waals surface area contributed by atoms with Gasteiger partial charge in [-0.2, -0.15) is 0 Å². The van der Waals surface area contributed by atoms with E-state index in [1.54, 1.807) is 12.1 Å². The Morgan fingerprint density at radius 1 is 1.50 bits per heavy atom.